The molecular weight excluding hydrogens is 242 g/mol. The Morgan fingerprint density at radius 3 is 2.53 bits per heavy atom. The number of methoxy groups -OCH3 is 2. The van der Waals surface area contributed by atoms with E-state index in [1.54, 1.807) is 14.2 Å². The molecule has 1 aromatic rings. The summed E-state index contributed by atoms with van der Waals surface area (Å²) in [6, 6.07) is 6.00. The lowest BCUT2D eigenvalue weighted by atomic mass is 9.68. The van der Waals surface area contributed by atoms with Crippen molar-refractivity contribution in [3.63, 3.8) is 0 Å². The predicted octanol–water partition coefficient (Wildman–Crippen LogP) is 1.96. The second-order valence-electron chi connectivity index (χ2n) is 5.19. The summed E-state index contributed by atoms with van der Waals surface area (Å²) in [6.45, 7) is 4.40. The van der Waals surface area contributed by atoms with Crippen molar-refractivity contribution in [2.24, 2.45) is 11.7 Å². The normalized spacial score (nSPS) is 18.5. The molecular formula is C15H23NO3. The SMILES string of the molecule is COc1ccc(C2(C(C)CCN)COC2)c(OC)c1. The van der Waals surface area contributed by atoms with Gasteiger partial charge in [0.05, 0.1) is 27.4 Å². The fraction of sp³-hybridized carbons (Fsp3) is 0.600. The zero-order chi connectivity index (χ0) is 13.9. The number of ether oxygens (including phenoxy) is 3. The average molecular weight is 265 g/mol. The van der Waals surface area contributed by atoms with Crippen LogP contribution in [-0.2, 0) is 10.2 Å². The smallest absolute Gasteiger partial charge is 0.126 e. The van der Waals surface area contributed by atoms with Crippen molar-refractivity contribution < 1.29 is 14.2 Å². The van der Waals surface area contributed by atoms with E-state index in [-0.39, 0.29) is 5.41 Å². The number of benzene rings is 1. The first kappa shape index (κ1) is 14.2. The van der Waals surface area contributed by atoms with E-state index < -0.39 is 0 Å². The second-order valence-corrected chi connectivity index (χ2v) is 5.19. The van der Waals surface area contributed by atoms with E-state index in [2.05, 4.69) is 13.0 Å². The van der Waals surface area contributed by atoms with Crippen LogP contribution in [0.15, 0.2) is 18.2 Å². The number of nitrogens with two attached hydrogens (primary N) is 1. The molecule has 1 heterocycles. The monoisotopic (exact) mass is 265 g/mol. The largest absolute Gasteiger partial charge is 0.497 e. The van der Waals surface area contributed by atoms with E-state index in [9.17, 15) is 0 Å². The van der Waals surface area contributed by atoms with Crippen molar-refractivity contribution in [3.05, 3.63) is 23.8 Å². The highest BCUT2D eigenvalue weighted by Gasteiger charge is 2.46. The Kier molecular flexibility index (Phi) is 4.32. The standard InChI is InChI=1S/C15H23NO3/c1-11(6-7-16)15(9-19-10-15)13-5-4-12(17-2)8-14(13)18-3/h4-5,8,11H,6-7,9-10,16H2,1-3H3. The molecule has 0 aliphatic carbocycles. The maximum Gasteiger partial charge on any atom is 0.126 e. The molecule has 1 saturated heterocycles. The molecule has 0 saturated carbocycles. The molecule has 0 spiro atoms. The van der Waals surface area contributed by atoms with Crippen molar-refractivity contribution in [3.8, 4) is 11.5 Å². The molecule has 2 N–H and O–H groups in total. The van der Waals surface area contributed by atoms with Gasteiger partial charge in [0.15, 0.2) is 0 Å². The summed E-state index contributed by atoms with van der Waals surface area (Å²) >= 11 is 0. The Morgan fingerprint density at radius 1 is 1.32 bits per heavy atom. The van der Waals surface area contributed by atoms with Crippen molar-refractivity contribution in [2.75, 3.05) is 34.0 Å². The fourth-order valence-electron chi connectivity index (χ4n) is 2.76. The van der Waals surface area contributed by atoms with Gasteiger partial charge >= 0.3 is 0 Å². The van der Waals surface area contributed by atoms with Gasteiger partial charge in [0.2, 0.25) is 0 Å². The Bertz CT molecular complexity index is 429. The molecule has 4 heteroatoms. The summed E-state index contributed by atoms with van der Waals surface area (Å²) in [7, 11) is 3.35. The van der Waals surface area contributed by atoms with Crippen LogP contribution >= 0.6 is 0 Å². The highest BCUT2D eigenvalue weighted by atomic mass is 16.5. The second kappa shape index (κ2) is 5.80. The summed E-state index contributed by atoms with van der Waals surface area (Å²) in [5.74, 6) is 2.14. The van der Waals surface area contributed by atoms with E-state index in [0.717, 1.165) is 31.1 Å². The van der Waals surface area contributed by atoms with Crippen LogP contribution in [0.1, 0.15) is 18.9 Å². The molecule has 0 radical (unpaired) electrons. The minimum absolute atomic E-state index is 0.0248. The van der Waals surface area contributed by atoms with Gasteiger partial charge < -0.3 is 19.9 Å². The van der Waals surface area contributed by atoms with Gasteiger partial charge in [0.1, 0.15) is 11.5 Å². The van der Waals surface area contributed by atoms with Gasteiger partial charge in [-0.3, -0.25) is 0 Å². The molecule has 4 nitrogen and oxygen atoms in total. The number of hydrogen-bond acceptors (Lipinski definition) is 4. The van der Waals surface area contributed by atoms with E-state index >= 15 is 0 Å². The van der Waals surface area contributed by atoms with Crippen LogP contribution in [0.5, 0.6) is 11.5 Å². The van der Waals surface area contributed by atoms with Gasteiger partial charge in [0, 0.05) is 17.0 Å². The molecule has 1 aromatic carbocycles. The third kappa shape index (κ3) is 2.42. The van der Waals surface area contributed by atoms with E-state index in [1.165, 1.54) is 5.56 Å². The number of hydrogen-bond donors (Lipinski definition) is 1. The molecule has 0 bridgehead atoms. The van der Waals surface area contributed by atoms with E-state index in [0.29, 0.717) is 12.5 Å². The van der Waals surface area contributed by atoms with Crippen LogP contribution < -0.4 is 15.2 Å². The number of rotatable bonds is 6. The molecule has 0 aromatic heterocycles. The first-order valence-electron chi connectivity index (χ1n) is 6.68. The Labute approximate surface area is 114 Å². The molecule has 19 heavy (non-hydrogen) atoms. The van der Waals surface area contributed by atoms with Crippen molar-refractivity contribution in [1.82, 2.24) is 0 Å². The maximum absolute atomic E-state index is 5.71. The van der Waals surface area contributed by atoms with Crippen LogP contribution in [-0.4, -0.2) is 34.0 Å². The van der Waals surface area contributed by atoms with Crippen LogP contribution in [0.2, 0.25) is 0 Å². The minimum atomic E-state index is 0.0248. The highest BCUT2D eigenvalue weighted by Crippen LogP contribution is 2.45. The first-order chi connectivity index (χ1) is 9.17. The summed E-state index contributed by atoms with van der Waals surface area (Å²) in [4.78, 5) is 0. The van der Waals surface area contributed by atoms with Crippen LogP contribution in [0, 0.1) is 5.92 Å². The minimum Gasteiger partial charge on any atom is -0.497 e. The Morgan fingerprint density at radius 2 is 2.05 bits per heavy atom. The highest BCUT2D eigenvalue weighted by molar-refractivity contribution is 5.46. The zero-order valence-electron chi connectivity index (χ0n) is 11.9. The maximum atomic E-state index is 5.71. The van der Waals surface area contributed by atoms with Crippen molar-refractivity contribution in [1.29, 1.82) is 0 Å². The van der Waals surface area contributed by atoms with Crippen LogP contribution in [0.3, 0.4) is 0 Å². The van der Waals surface area contributed by atoms with Gasteiger partial charge in [-0.15, -0.1) is 0 Å². The Hall–Kier alpha value is -1.26. The van der Waals surface area contributed by atoms with Gasteiger partial charge in [-0.1, -0.05) is 13.0 Å². The molecule has 1 atom stereocenters. The lowest BCUT2D eigenvalue weighted by Gasteiger charge is -2.47. The lowest BCUT2D eigenvalue weighted by molar-refractivity contribution is -0.0891. The first-order valence-corrected chi connectivity index (χ1v) is 6.68. The zero-order valence-corrected chi connectivity index (χ0v) is 11.9. The predicted molar refractivity (Wildman–Crippen MR) is 74.9 cm³/mol. The summed E-state index contributed by atoms with van der Waals surface area (Å²) < 4.78 is 16.3. The molecule has 1 aliphatic rings. The topological polar surface area (TPSA) is 53.7 Å². The summed E-state index contributed by atoms with van der Waals surface area (Å²) in [6.07, 6.45) is 0.985. The molecule has 0 amide bonds. The molecule has 2 rings (SSSR count). The van der Waals surface area contributed by atoms with Gasteiger partial charge in [0.25, 0.3) is 0 Å². The summed E-state index contributed by atoms with van der Waals surface area (Å²) in [5, 5.41) is 0. The van der Waals surface area contributed by atoms with Gasteiger partial charge in [-0.05, 0) is 24.9 Å². The quantitative estimate of drug-likeness (QED) is 0.854. The van der Waals surface area contributed by atoms with Gasteiger partial charge in [-0.25, -0.2) is 0 Å². The fourth-order valence-corrected chi connectivity index (χ4v) is 2.76. The van der Waals surface area contributed by atoms with Crippen molar-refractivity contribution >= 4 is 0 Å². The molecule has 1 unspecified atom stereocenters. The van der Waals surface area contributed by atoms with E-state index in [1.807, 2.05) is 12.1 Å². The van der Waals surface area contributed by atoms with E-state index in [4.69, 9.17) is 19.9 Å². The third-order valence-corrected chi connectivity index (χ3v) is 4.21. The summed E-state index contributed by atoms with van der Waals surface area (Å²) in [5.41, 5.74) is 6.93. The van der Waals surface area contributed by atoms with Crippen molar-refractivity contribution in [2.45, 2.75) is 18.8 Å². The van der Waals surface area contributed by atoms with Crippen LogP contribution in [0.4, 0.5) is 0 Å². The Balaban J connectivity index is 2.37. The van der Waals surface area contributed by atoms with Crippen LogP contribution in [0.25, 0.3) is 0 Å². The third-order valence-electron chi connectivity index (χ3n) is 4.21. The molecule has 106 valence electrons. The lowest BCUT2D eigenvalue weighted by Crippen LogP contribution is -2.52. The average Bonchev–Trinajstić information content (AvgIpc) is 2.38. The molecule has 1 fully saturated rings. The molecule has 1 aliphatic heterocycles. The van der Waals surface area contributed by atoms with Gasteiger partial charge in [-0.2, -0.15) is 0 Å².